The van der Waals surface area contributed by atoms with Gasteiger partial charge in [0.2, 0.25) is 5.91 Å². The predicted octanol–water partition coefficient (Wildman–Crippen LogP) is 2.18. The number of carbonyl (C=O) groups is 2. The summed E-state index contributed by atoms with van der Waals surface area (Å²) in [6, 6.07) is 6.59. The second-order valence-corrected chi connectivity index (χ2v) is 5.71. The topological polar surface area (TPSA) is 58.2 Å². The van der Waals surface area contributed by atoms with Crippen molar-refractivity contribution in [3.05, 3.63) is 29.8 Å². The SMILES string of the molecule is CNC(=O)c1ccc(NC(=O)[C@H]2CC2(Cl)Cl)cc1. The van der Waals surface area contributed by atoms with Crippen LogP contribution >= 0.6 is 23.2 Å². The third-order valence-corrected chi connectivity index (χ3v) is 3.62. The molecule has 0 bridgehead atoms. The van der Waals surface area contributed by atoms with Crippen LogP contribution in [-0.2, 0) is 4.79 Å². The lowest BCUT2D eigenvalue weighted by Gasteiger charge is -2.06. The van der Waals surface area contributed by atoms with E-state index in [2.05, 4.69) is 10.6 Å². The van der Waals surface area contributed by atoms with Crippen molar-refractivity contribution in [3.63, 3.8) is 0 Å². The van der Waals surface area contributed by atoms with Crippen molar-refractivity contribution in [2.75, 3.05) is 12.4 Å². The number of hydrogen-bond acceptors (Lipinski definition) is 2. The molecule has 18 heavy (non-hydrogen) atoms. The number of nitrogens with one attached hydrogen (secondary N) is 2. The quantitative estimate of drug-likeness (QED) is 0.837. The van der Waals surface area contributed by atoms with Crippen LogP contribution in [0.5, 0.6) is 0 Å². The molecule has 2 rings (SSSR count). The fraction of sp³-hybridized carbons (Fsp3) is 0.333. The van der Waals surface area contributed by atoms with E-state index in [1.54, 1.807) is 31.3 Å². The summed E-state index contributed by atoms with van der Waals surface area (Å²) in [5.41, 5.74) is 1.15. The minimum absolute atomic E-state index is 0.171. The number of amides is 2. The molecular weight excluding hydrogens is 275 g/mol. The molecule has 0 unspecified atom stereocenters. The van der Waals surface area contributed by atoms with E-state index in [4.69, 9.17) is 23.2 Å². The Morgan fingerprint density at radius 1 is 1.28 bits per heavy atom. The van der Waals surface area contributed by atoms with Crippen molar-refractivity contribution >= 4 is 40.7 Å². The zero-order valence-electron chi connectivity index (χ0n) is 9.67. The highest BCUT2D eigenvalue weighted by molar-refractivity contribution is 6.52. The summed E-state index contributed by atoms with van der Waals surface area (Å²) in [6.45, 7) is 0. The van der Waals surface area contributed by atoms with Gasteiger partial charge in [0.15, 0.2) is 0 Å². The maximum atomic E-state index is 11.7. The largest absolute Gasteiger partial charge is 0.355 e. The Labute approximate surface area is 115 Å². The Bertz CT molecular complexity index is 485. The number of carbonyl (C=O) groups excluding carboxylic acids is 2. The summed E-state index contributed by atoms with van der Waals surface area (Å²) in [5, 5.41) is 5.22. The molecular formula is C12H12Cl2N2O2. The van der Waals surface area contributed by atoms with Crippen LogP contribution in [0.1, 0.15) is 16.8 Å². The third-order valence-electron chi connectivity index (χ3n) is 2.78. The van der Waals surface area contributed by atoms with Gasteiger partial charge in [-0.3, -0.25) is 9.59 Å². The number of halogens is 2. The first-order valence-electron chi connectivity index (χ1n) is 5.45. The van der Waals surface area contributed by atoms with Gasteiger partial charge >= 0.3 is 0 Å². The maximum absolute atomic E-state index is 11.7. The zero-order valence-corrected chi connectivity index (χ0v) is 11.2. The number of anilines is 1. The summed E-state index contributed by atoms with van der Waals surface area (Å²) >= 11 is 11.6. The van der Waals surface area contributed by atoms with Gasteiger partial charge in [-0.25, -0.2) is 0 Å². The van der Waals surface area contributed by atoms with E-state index < -0.39 is 4.33 Å². The Kier molecular flexibility index (Phi) is 3.50. The summed E-state index contributed by atoms with van der Waals surface area (Å²) < 4.78 is -0.924. The summed E-state index contributed by atoms with van der Waals surface area (Å²) in [4.78, 5) is 23.0. The van der Waals surface area contributed by atoms with Gasteiger partial charge in [0, 0.05) is 18.3 Å². The zero-order chi connectivity index (χ0) is 13.3. The van der Waals surface area contributed by atoms with Crippen molar-refractivity contribution in [3.8, 4) is 0 Å². The van der Waals surface area contributed by atoms with E-state index in [0.717, 1.165) is 0 Å². The lowest BCUT2D eigenvalue weighted by molar-refractivity contribution is -0.117. The molecule has 0 heterocycles. The molecule has 0 aromatic heterocycles. The fourth-order valence-corrected chi connectivity index (χ4v) is 2.08. The molecule has 0 aliphatic heterocycles. The highest BCUT2D eigenvalue weighted by atomic mass is 35.5. The lowest BCUT2D eigenvalue weighted by atomic mass is 10.2. The molecule has 4 nitrogen and oxygen atoms in total. The van der Waals surface area contributed by atoms with Crippen LogP contribution in [-0.4, -0.2) is 23.2 Å². The predicted molar refractivity (Wildman–Crippen MR) is 71.0 cm³/mol. The van der Waals surface area contributed by atoms with Crippen LogP contribution in [0.4, 0.5) is 5.69 Å². The van der Waals surface area contributed by atoms with Crippen molar-refractivity contribution in [2.24, 2.45) is 5.92 Å². The van der Waals surface area contributed by atoms with E-state index in [0.29, 0.717) is 17.7 Å². The molecule has 0 radical (unpaired) electrons. The van der Waals surface area contributed by atoms with Crippen LogP contribution in [0.25, 0.3) is 0 Å². The van der Waals surface area contributed by atoms with E-state index in [-0.39, 0.29) is 17.7 Å². The standard InChI is InChI=1S/C12H12Cl2N2O2/c1-15-10(17)7-2-4-8(5-3-7)16-11(18)9-6-12(9,13)14/h2-5,9H,6H2,1H3,(H,15,17)(H,16,18)/t9-/m1/s1. The first-order chi connectivity index (χ1) is 8.44. The number of alkyl halides is 2. The lowest BCUT2D eigenvalue weighted by Crippen LogP contribution is -2.18. The van der Waals surface area contributed by atoms with Crippen molar-refractivity contribution in [1.82, 2.24) is 5.32 Å². The van der Waals surface area contributed by atoms with Crippen LogP contribution in [0, 0.1) is 5.92 Å². The highest BCUT2D eigenvalue weighted by Gasteiger charge is 2.56. The Balaban J connectivity index is 1.99. The van der Waals surface area contributed by atoms with E-state index >= 15 is 0 Å². The second-order valence-electron chi connectivity index (χ2n) is 4.16. The third kappa shape index (κ3) is 2.76. The Morgan fingerprint density at radius 2 is 1.83 bits per heavy atom. The minimum atomic E-state index is -0.924. The Morgan fingerprint density at radius 3 is 2.28 bits per heavy atom. The second kappa shape index (κ2) is 4.78. The molecule has 1 aliphatic carbocycles. The smallest absolute Gasteiger partial charge is 0.251 e. The van der Waals surface area contributed by atoms with Gasteiger partial charge < -0.3 is 10.6 Å². The molecule has 2 N–H and O–H groups in total. The molecule has 1 aromatic rings. The molecule has 0 saturated heterocycles. The van der Waals surface area contributed by atoms with E-state index in [9.17, 15) is 9.59 Å². The van der Waals surface area contributed by atoms with Crippen LogP contribution < -0.4 is 10.6 Å². The minimum Gasteiger partial charge on any atom is -0.355 e. The monoisotopic (exact) mass is 286 g/mol. The first-order valence-corrected chi connectivity index (χ1v) is 6.20. The normalized spacial score (nSPS) is 20.1. The van der Waals surface area contributed by atoms with Gasteiger partial charge in [-0.2, -0.15) is 0 Å². The van der Waals surface area contributed by atoms with Crippen molar-refractivity contribution in [1.29, 1.82) is 0 Å². The molecule has 1 aliphatic rings. The van der Waals surface area contributed by atoms with Gasteiger partial charge in [0.05, 0.1) is 5.92 Å². The fourth-order valence-electron chi connectivity index (χ4n) is 1.58. The summed E-state index contributed by atoms with van der Waals surface area (Å²) in [6.07, 6.45) is 0.471. The van der Waals surface area contributed by atoms with Gasteiger partial charge in [-0.15, -0.1) is 23.2 Å². The highest BCUT2D eigenvalue weighted by Crippen LogP contribution is 2.53. The number of benzene rings is 1. The molecule has 96 valence electrons. The summed E-state index contributed by atoms with van der Waals surface area (Å²) in [7, 11) is 1.56. The van der Waals surface area contributed by atoms with Crippen molar-refractivity contribution in [2.45, 2.75) is 10.8 Å². The van der Waals surface area contributed by atoms with E-state index in [1.165, 1.54) is 0 Å². The number of rotatable bonds is 3. The van der Waals surface area contributed by atoms with Gasteiger partial charge in [0.1, 0.15) is 4.33 Å². The molecule has 1 fully saturated rings. The molecule has 1 saturated carbocycles. The molecule has 0 spiro atoms. The van der Waals surface area contributed by atoms with Crippen LogP contribution in [0.3, 0.4) is 0 Å². The molecule has 6 heteroatoms. The van der Waals surface area contributed by atoms with Crippen LogP contribution in [0.15, 0.2) is 24.3 Å². The molecule has 2 amide bonds. The molecule has 1 atom stereocenters. The average molecular weight is 287 g/mol. The van der Waals surface area contributed by atoms with Gasteiger partial charge in [-0.1, -0.05) is 0 Å². The van der Waals surface area contributed by atoms with Gasteiger partial charge in [-0.05, 0) is 30.7 Å². The first kappa shape index (κ1) is 13.2. The number of hydrogen-bond donors (Lipinski definition) is 2. The summed E-state index contributed by atoms with van der Waals surface area (Å²) in [5.74, 6) is -0.734. The Hall–Kier alpha value is -1.26. The maximum Gasteiger partial charge on any atom is 0.251 e. The van der Waals surface area contributed by atoms with E-state index in [1.807, 2.05) is 0 Å². The van der Waals surface area contributed by atoms with Gasteiger partial charge in [0.25, 0.3) is 5.91 Å². The van der Waals surface area contributed by atoms with Crippen LogP contribution in [0.2, 0.25) is 0 Å². The average Bonchev–Trinajstić information content (AvgIpc) is 2.98. The van der Waals surface area contributed by atoms with Crippen molar-refractivity contribution < 1.29 is 9.59 Å². The molecule has 1 aromatic carbocycles.